The lowest BCUT2D eigenvalue weighted by molar-refractivity contribution is -0.137. The average molecular weight is 550 g/mol. The van der Waals surface area contributed by atoms with Gasteiger partial charge in [-0.1, -0.05) is 55.5 Å². The van der Waals surface area contributed by atoms with E-state index in [1.807, 2.05) is 72.4 Å². The smallest absolute Gasteiger partial charge is 0.303 e. The number of para-hydroxylation sites is 1. The molecule has 0 saturated carbocycles. The maximum Gasteiger partial charge on any atom is 0.303 e. The molecule has 3 aromatic rings. The summed E-state index contributed by atoms with van der Waals surface area (Å²) in [5, 5.41) is 13.7. The van der Waals surface area contributed by atoms with Gasteiger partial charge in [0.2, 0.25) is 0 Å². The molecule has 1 aromatic heterocycles. The fraction of sp³-hybridized carbons (Fsp3) is 0.310. The van der Waals surface area contributed by atoms with E-state index < -0.39 is 5.97 Å². The highest BCUT2D eigenvalue weighted by molar-refractivity contribution is 8.26. The minimum atomic E-state index is -0.802. The molecule has 38 heavy (non-hydrogen) atoms. The first-order chi connectivity index (χ1) is 18.4. The van der Waals surface area contributed by atoms with E-state index in [1.54, 1.807) is 4.90 Å². The molecule has 0 aliphatic carbocycles. The fourth-order valence-electron chi connectivity index (χ4n) is 4.18. The predicted molar refractivity (Wildman–Crippen MR) is 156 cm³/mol. The summed E-state index contributed by atoms with van der Waals surface area (Å²) < 4.78 is 8.14. The highest BCUT2D eigenvalue weighted by Gasteiger charge is 2.32. The molecule has 1 fully saturated rings. The van der Waals surface area contributed by atoms with E-state index in [2.05, 4.69) is 6.92 Å². The standard InChI is InChI=1S/C29H31N3O4S2/c1-3-16-36-23-13-14-24(20(2)17-23)27-21(19-32(30-27)22-10-6-4-7-11-22)18-25-28(35)31(29(37)38-25)15-9-5-8-12-26(33)34/h4,6-7,10-11,13-14,17-19H,3,5,8-9,12,15-16H2,1-2H3,(H,33,34). The number of amides is 1. The van der Waals surface area contributed by atoms with Gasteiger partial charge in [-0.15, -0.1) is 0 Å². The Kier molecular flexibility index (Phi) is 9.36. The molecule has 0 radical (unpaired) electrons. The normalized spacial score (nSPS) is 14.5. The van der Waals surface area contributed by atoms with Crippen molar-refractivity contribution in [1.82, 2.24) is 14.7 Å². The number of ether oxygens (including phenoxy) is 1. The largest absolute Gasteiger partial charge is 0.494 e. The zero-order valence-corrected chi connectivity index (χ0v) is 23.2. The minimum absolute atomic E-state index is 0.128. The van der Waals surface area contributed by atoms with Gasteiger partial charge in [0, 0.05) is 30.3 Å². The number of carbonyl (C=O) groups is 2. The van der Waals surface area contributed by atoms with Gasteiger partial charge in [-0.25, -0.2) is 4.68 Å². The minimum Gasteiger partial charge on any atom is -0.494 e. The van der Waals surface area contributed by atoms with Crippen molar-refractivity contribution >= 4 is 46.3 Å². The molecule has 1 aliphatic heterocycles. The van der Waals surface area contributed by atoms with Gasteiger partial charge in [-0.05, 0) is 68.2 Å². The van der Waals surface area contributed by atoms with Crippen molar-refractivity contribution in [3.63, 3.8) is 0 Å². The van der Waals surface area contributed by atoms with Crippen LogP contribution < -0.4 is 4.74 Å². The molecule has 1 saturated heterocycles. The number of carboxylic acid groups (broad SMARTS) is 1. The van der Waals surface area contributed by atoms with Crippen LogP contribution in [0.2, 0.25) is 0 Å². The lowest BCUT2D eigenvalue weighted by Gasteiger charge is -2.13. The number of carboxylic acids is 1. The molecule has 0 atom stereocenters. The number of unbranched alkanes of at least 4 members (excludes halogenated alkanes) is 2. The number of hydrogen-bond acceptors (Lipinski definition) is 6. The van der Waals surface area contributed by atoms with E-state index in [0.717, 1.165) is 46.7 Å². The number of hydrogen-bond donors (Lipinski definition) is 1. The average Bonchev–Trinajstić information content (AvgIpc) is 3.43. The van der Waals surface area contributed by atoms with Crippen molar-refractivity contribution in [2.75, 3.05) is 13.2 Å². The highest BCUT2D eigenvalue weighted by Crippen LogP contribution is 2.36. The van der Waals surface area contributed by atoms with Crippen molar-refractivity contribution in [1.29, 1.82) is 0 Å². The Bertz CT molecular complexity index is 1350. The SMILES string of the molecule is CCCOc1ccc(-c2nn(-c3ccccc3)cc2C=C2SC(=S)N(CCCCCC(=O)O)C2=O)c(C)c1. The van der Waals surface area contributed by atoms with Crippen LogP contribution in [0, 0.1) is 6.92 Å². The first kappa shape index (κ1) is 27.6. The zero-order valence-electron chi connectivity index (χ0n) is 21.6. The maximum atomic E-state index is 13.2. The Morgan fingerprint density at radius 3 is 2.66 bits per heavy atom. The Morgan fingerprint density at radius 2 is 1.95 bits per heavy atom. The molecule has 4 rings (SSSR count). The number of thioether (sulfide) groups is 1. The van der Waals surface area contributed by atoms with Crippen LogP contribution in [0.4, 0.5) is 0 Å². The van der Waals surface area contributed by atoms with Crippen molar-refractivity contribution in [2.24, 2.45) is 0 Å². The van der Waals surface area contributed by atoms with E-state index >= 15 is 0 Å². The molecule has 1 N–H and O–H groups in total. The first-order valence-electron chi connectivity index (χ1n) is 12.7. The summed E-state index contributed by atoms with van der Waals surface area (Å²) in [5.41, 5.74) is 4.50. The predicted octanol–water partition coefficient (Wildman–Crippen LogP) is 6.48. The van der Waals surface area contributed by atoms with Crippen LogP contribution in [-0.2, 0) is 9.59 Å². The maximum absolute atomic E-state index is 13.2. The number of aryl methyl sites for hydroxylation is 1. The van der Waals surface area contributed by atoms with Crippen LogP contribution in [-0.4, -0.2) is 49.1 Å². The van der Waals surface area contributed by atoms with Gasteiger partial charge < -0.3 is 9.84 Å². The van der Waals surface area contributed by atoms with E-state index in [0.29, 0.717) is 35.2 Å². The van der Waals surface area contributed by atoms with E-state index in [9.17, 15) is 9.59 Å². The van der Waals surface area contributed by atoms with Crippen LogP contribution in [0.5, 0.6) is 5.75 Å². The second kappa shape index (κ2) is 12.9. The zero-order chi connectivity index (χ0) is 27.1. The molecule has 1 amide bonds. The molecular weight excluding hydrogens is 518 g/mol. The Morgan fingerprint density at radius 1 is 1.16 bits per heavy atom. The number of aliphatic carboxylic acids is 1. The second-order valence-electron chi connectivity index (χ2n) is 9.08. The summed E-state index contributed by atoms with van der Waals surface area (Å²) in [5.74, 6) is -0.109. The fourth-order valence-corrected chi connectivity index (χ4v) is 5.48. The topological polar surface area (TPSA) is 84.7 Å². The number of thiocarbonyl (C=S) groups is 1. The number of benzene rings is 2. The van der Waals surface area contributed by atoms with Crippen molar-refractivity contribution in [3.05, 3.63) is 70.8 Å². The third kappa shape index (κ3) is 6.71. The molecule has 7 nitrogen and oxygen atoms in total. The number of carbonyl (C=O) groups excluding carboxylic acids is 1. The van der Waals surface area contributed by atoms with Gasteiger partial charge in [0.05, 0.1) is 17.2 Å². The molecule has 1 aliphatic rings. The van der Waals surface area contributed by atoms with E-state index in [1.165, 1.54) is 11.8 Å². The molecule has 0 bridgehead atoms. The summed E-state index contributed by atoms with van der Waals surface area (Å²) in [7, 11) is 0. The molecule has 2 heterocycles. The number of rotatable bonds is 12. The Hall–Kier alpha value is -3.43. The summed E-state index contributed by atoms with van der Waals surface area (Å²) in [6, 6.07) is 15.8. The molecule has 0 unspecified atom stereocenters. The van der Waals surface area contributed by atoms with Gasteiger partial charge in [0.15, 0.2) is 0 Å². The van der Waals surface area contributed by atoms with E-state index in [-0.39, 0.29) is 12.3 Å². The molecule has 198 valence electrons. The van der Waals surface area contributed by atoms with Gasteiger partial charge in [-0.2, -0.15) is 5.10 Å². The van der Waals surface area contributed by atoms with Crippen LogP contribution in [0.1, 0.15) is 50.2 Å². The molecular formula is C29H31N3O4S2. The van der Waals surface area contributed by atoms with Gasteiger partial charge in [0.25, 0.3) is 5.91 Å². The quantitative estimate of drug-likeness (QED) is 0.157. The lowest BCUT2D eigenvalue weighted by Crippen LogP contribution is -2.29. The second-order valence-corrected chi connectivity index (χ2v) is 10.8. The van der Waals surface area contributed by atoms with Crippen molar-refractivity contribution in [2.45, 2.75) is 46.0 Å². The molecule has 9 heteroatoms. The third-order valence-corrected chi connectivity index (χ3v) is 7.50. The Balaban J connectivity index is 1.62. The molecule has 2 aromatic carbocycles. The monoisotopic (exact) mass is 549 g/mol. The first-order valence-corrected chi connectivity index (χ1v) is 14.0. The van der Waals surface area contributed by atoms with Gasteiger partial charge >= 0.3 is 5.97 Å². The van der Waals surface area contributed by atoms with Crippen molar-refractivity contribution < 1.29 is 19.4 Å². The summed E-state index contributed by atoms with van der Waals surface area (Å²) in [6.07, 6.45) is 6.90. The summed E-state index contributed by atoms with van der Waals surface area (Å²) in [4.78, 5) is 26.1. The summed E-state index contributed by atoms with van der Waals surface area (Å²) >= 11 is 6.79. The lowest BCUT2D eigenvalue weighted by atomic mass is 10.0. The van der Waals surface area contributed by atoms with E-state index in [4.69, 9.17) is 27.2 Å². The van der Waals surface area contributed by atoms with Crippen LogP contribution >= 0.6 is 24.0 Å². The van der Waals surface area contributed by atoms with Gasteiger partial charge in [-0.3, -0.25) is 14.5 Å². The van der Waals surface area contributed by atoms with Gasteiger partial charge in [0.1, 0.15) is 15.8 Å². The third-order valence-electron chi connectivity index (χ3n) is 6.12. The number of nitrogens with zero attached hydrogens (tertiary/aromatic N) is 3. The highest BCUT2D eigenvalue weighted by atomic mass is 32.2. The number of aromatic nitrogens is 2. The van der Waals surface area contributed by atoms with Crippen LogP contribution in [0.3, 0.4) is 0 Å². The van der Waals surface area contributed by atoms with Crippen LogP contribution in [0.15, 0.2) is 59.6 Å². The summed E-state index contributed by atoms with van der Waals surface area (Å²) in [6.45, 7) is 5.25. The van der Waals surface area contributed by atoms with Crippen molar-refractivity contribution in [3.8, 4) is 22.7 Å². The Labute approximate surface area is 232 Å². The molecule has 0 spiro atoms. The van der Waals surface area contributed by atoms with Crippen LogP contribution in [0.25, 0.3) is 23.0 Å².